The van der Waals surface area contributed by atoms with Crippen LogP contribution < -0.4 is 5.32 Å². The Morgan fingerprint density at radius 2 is 1.52 bits per heavy atom. The Hall–Kier alpha value is -0.170. The van der Waals surface area contributed by atoms with E-state index in [1.165, 1.54) is 12.8 Å². The van der Waals surface area contributed by atoms with Crippen molar-refractivity contribution < 1.29 is 8.42 Å². The quantitative estimate of drug-likeness (QED) is 0.831. The summed E-state index contributed by atoms with van der Waals surface area (Å²) in [5.41, 5.74) is 0. The van der Waals surface area contributed by atoms with Gasteiger partial charge in [0.15, 0.2) is 0 Å². The third-order valence-electron chi connectivity index (χ3n) is 5.45. The highest BCUT2D eigenvalue weighted by Gasteiger charge is 2.38. The van der Waals surface area contributed by atoms with Crippen LogP contribution in [0.5, 0.6) is 0 Å². The van der Waals surface area contributed by atoms with Gasteiger partial charge < -0.3 is 5.32 Å². The Kier molecular flexibility index (Phi) is 4.60. The van der Waals surface area contributed by atoms with Crippen LogP contribution in [0.25, 0.3) is 0 Å². The number of nitrogens with zero attached hydrogens (tertiary/aromatic N) is 2. The average Bonchev–Trinajstić information content (AvgIpc) is 3.23. The number of hydrogen-bond donors (Lipinski definition) is 1. The van der Waals surface area contributed by atoms with E-state index in [-0.39, 0.29) is 0 Å². The largest absolute Gasteiger partial charge is 0.314 e. The van der Waals surface area contributed by atoms with Crippen LogP contribution in [0.15, 0.2) is 0 Å². The normalized spacial score (nSPS) is 33.6. The average molecular weight is 315 g/mol. The molecule has 0 spiro atoms. The van der Waals surface area contributed by atoms with Gasteiger partial charge in [0.25, 0.3) is 10.2 Å². The zero-order valence-corrected chi connectivity index (χ0v) is 14.1. The lowest BCUT2D eigenvalue weighted by molar-refractivity contribution is 0.252. The molecule has 2 saturated heterocycles. The summed E-state index contributed by atoms with van der Waals surface area (Å²) in [5.74, 6) is 1.59. The molecule has 122 valence electrons. The Bertz CT molecular complexity index is 446. The summed E-state index contributed by atoms with van der Waals surface area (Å²) in [6.45, 7) is 8.12. The van der Waals surface area contributed by atoms with Crippen LogP contribution >= 0.6 is 0 Å². The molecule has 0 aromatic carbocycles. The third kappa shape index (κ3) is 3.60. The highest BCUT2D eigenvalue weighted by Crippen LogP contribution is 2.28. The summed E-state index contributed by atoms with van der Waals surface area (Å²) in [4.78, 5) is 0. The first-order valence-corrected chi connectivity index (χ1v) is 9.85. The molecular formula is C15H29N3O2S. The molecule has 21 heavy (non-hydrogen) atoms. The van der Waals surface area contributed by atoms with Crippen molar-refractivity contribution in [3.8, 4) is 0 Å². The summed E-state index contributed by atoms with van der Waals surface area (Å²) >= 11 is 0. The molecule has 5 nitrogen and oxygen atoms in total. The molecule has 0 aromatic heterocycles. The smallest absolute Gasteiger partial charge is 0.281 e. The minimum absolute atomic E-state index is 0.472. The lowest BCUT2D eigenvalue weighted by atomic mass is 9.98. The predicted molar refractivity (Wildman–Crippen MR) is 84.1 cm³/mol. The van der Waals surface area contributed by atoms with Gasteiger partial charge in [-0.3, -0.25) is 0 Å². The van der Waals surface area contributed by atoms with Crippen LogP contribution in [-0.4, -0.2) is 55.8 Å². The Morgan fingerprint density at radius 1 is 0.952 bits per heavy atom. The summed E-state index contributed by atoms with van der Waals surface area (Å²) < 4.78 is 28.8. The van der Waals surface area contributed by atoms with Gasteiger partial charge in [-0.15, -0.1) is 0 Å². The monoisotopic (exact) mass is 315 g/mol. The van der Waals surface area contributed by atoms with Crippen LogP contribution in [-0.2, 0) is 10.2 Å². The maximum absolute atomic E-state index is 12.7. The lowest BCUT2D eigenvalue weighted by Crippen LogP contribution is -2.47. The van der Waals surface area contributed by atoms with Crippen molar-refractivity contribution in [1.29, 1.82) is 0 Å². The molecule has 3 fully saturated rings. The molecular weight excluding hydrogens is 286 g/mol. The van der Waals surface area contributed by atoms with E-state index < -0.39 is 10.2 Å². The van der Waals surface area contributed by atoms with E-state index in [1.54, 1.807) is 8.61 Å². The minimum Gasteiger partial charge on any atom is -0.314 e. The fourth-order valence-electron chi connectivity index (χ4n) is 3.39. The molecule has 2 unspecified atom stereocenters. The van der Waals surface area contributed by atoms with E-state index in [4.69, 9.17) is 0 Å². The van der Waals surface area contributed by atoms with Gasteiger partial charge in [-0.05, 0) is 50.0 Å². The van der Waals surface area contributed by atoms with Crippen molar-refractivity contribution in [2.45, 2.75) is 45.6 Å². The van der Waals surface area contributed by atoms with Crippen LogP contribution in [0.1, 0.15) is 39.5 Å². The van der Waals surface area contributed by atoms with Crippen molar-refractivity contribution in [2.24, 2.45) is 17.8 Å². The standard InChI is InChI=1S/C15H29N3O2S/c1-12-10-18(11-13(12)2)21(19,20)17-7-5-14(6-8-17)9-16-15-3-4-15/h12-16H,3-11H2,1-2H3. The van der Waals surface area contributed by atoms with E-state index in [0.29, 0.717) is 43.9 Å². The van der Waals surface area contributed by atoms with Gasteiger partial charge >= 0.3 is 0 Å². The van der Waals surface area contributed by atoms with Crippen molar-refractivity contribution in [1.82, 2.24) is 13.9 Å². The fourth-order valence-corrected chi connectivity index (χ4v) is 5.24. The van der Waals surface area contributed by atoms with Gasteiger partial charge in [-0.1, -0.05) is 13.8 Å². The van der Waals surface area contributed by atoms with Crippen LogP contribution in [0.3, 0.4) is 0 Å². The Morgan fingerprint density at radius 3 is 2.05 bits per heavy atom. The summed E-state index contributed by atoms with van der Waals surface area (Å²) in [5, 5.41) is 3.57. The maximum Gasteiger partial charge on any atom is 0.281 e. The highest BCUT2D eigenvalue weighted by molar-refractivity contribution is 7.86. The van der Waals surface area contributed by atoms with Gasteiger partial charge in [-0.25, -0.2) is 0 Å². The molecule has 1 saturated carbocycles. The number of hydrogen-bond acceptors (Lipinski definition) is 3. The molecule has 3 rings (SSSR count). The zero-order valence-electron chi connectivity index (χ0n) is 13.3. The van der Waals surface area contributed by atoms with Gasteiger partial charge in [0.2, 0.25) is 0 Å². The molecule has 0 amide bonds. The highest BCUT2D eigenvalue weighted by atomic mass is 32.2. The minimum atomic E-state index is -3.22. The van der Waals surface area contributed by atoms with Crippen LogP contribution in [0.2, 0.25) is 0 Å². The van der Waals surface area contributed by atoms with E-state index in [0.717, 1.165) is 25.4 Å². The van der Waals surface area contributed by atoms with Crippen LogP contribution in [0.4, 0.5) is 0 Å². The second kappa shape index (κ2) is 6.14. The molecule has 2 atom stereocenters. The van der Waals surface area contributed by atoms with E-state index >= 15 is 0 Å². The van der Waals surface area contributed by atoms with Crippen molar-refractivity contribution in [3.05, 3.63) is 0 Å². The molecule has 2 aliphatic heterocycles. The molecule has 0 radical (unpaired) electrons. The molecule has 6 heteroatoms. The molecule has 1 aliphatic carbocycles. The Balaban J connectivity index is 1.50. The second-order valence-electron chi connectivity index (χ2n) is 7.30. The molecule has 2 heterocycles. The summed E-state index contributed by atoms with van der Waals surface area (Å²) in [6, 6.07) is 0.749. The Labute approximate surface area is 129 Å². The van der Waals surface area contributed by atoms with Gasteiger partial charge in [0.1, 0.15) is 0 Å². The zero-order chi connectivity index (χ0) is 15.0. The molecule has 1 N–H and O–H groups in total. The van der Waals surface area contributed by atoms with E-state index in [2.05, 4.69) is 19.2 Å². The van der Waals surface area contributed by atoms with Crippen molar-refractivity contribution in [2.75, 3.05) is 32.7 Å². The van der Waals surface area contributed by atoms with Crippen molar-refractivity contribution >= 4 is 10.2 Å². The van der Waals surface area contributed by atoms with Gasteiger partial charge in [-0.2, -0.15) is 17.0 Å². The topological polar surface area (TPSA) is 52.7 Å². The van der Waals surface area contributed by atoms with Gasteiger partial charge in [0, 0.05) is 32.2 Å². The first-order valence-electron chi connectivity index (χ1n) is 8.45. The maximum atomic E-state index is 12.7. The molecule has 3 aliphatic rings. The number of piperidine rings is 1. The predicted octanol–water partition coefficient (Wildman–Crippen LogP) is 1.28. The molecule has 0 bridgehead atoms. The third-order valence-corrected chi connectivity index (χ3v) is 7.42. The van der Waals surface area contributed by atoms with E-state index in [9.17, 15) is 8.42 Å². The SMILES string of the molecule is CC1CN(S(=O)(=O)N2CCC(CNC3CC3)CC2)CC1C. The van der Waals surface area contributed by atoms with Crippen LogP contribution in [0, 0.1) is 17.8 Å². The lowest BCUT2D eigenvalue weighted by Gasteiger charge is -2.33. The number of nitrogens with one attached hydrogen (secondary N) is 1. The summed E-state index contributed by atoms with van der Waals surface area (Å²) in [7, 11) is -3.22. The summed E-state index contributed by atoms with van der Waals surface area (Å²) in [6.07, 6.45) is 4.63. The first-order chi connectivity index (χ1) is 9.96. The van der Waals surface area contributed by atoms with Gasteiger partial charge in [0.05, 0.1) is 0 Å². The second-order valence-corrected chi connectivity index (χ2v) is 9.23. The number of rotatable bonds is 5. The first kappa shape index (κ1) is 15.7. The van der Waals surface area contributed by atoms with E-state index in [1.807, 2.05) is 0 Å². The molecule has 0 aromatic rings. The van der Waals surface area contributed by atoms with Crippen molar-refractivity contribution in [3.63, 3.8) is 0 Å². The fraction of sp³-hybridized carbons (Fsp3) is 1.00.